The Labute approximate surface area is 106 Å². The van der Waals surface area contributed by atoms with Gasteiger partial charge in [-0.05, 0) is 29.5 Å². The molecule has 18 heavy (non-hydrogen) atoms. The van der Waals surface area contributed by atoms with E-state index in [2.05, 4.69) is 19.2 Å². The van der Waals surface area contributed by atoms with E-state index in [0.29, 0.717) is 6.54 Å². The third kappa shape index (κ3) is 1.81. The topological polar surface area (TPSA) is 32.3 Å². The first-order valence-electron chi connectivity index (χ1n) is 6.29. The summed E-state index contributed by atoms with van der Waals surface area (Å²) in [6.07, 6.45) is 0.839. The van der Waals surface area contributed by atoms with Crippen LogP contribution in [0.2, 0.25) is 0 Å². The van der Waals surface area contributed by atoms with Crippen molar-refractivity contribution in [3.05, 3.63) is 35.6 Å². The van der Waals surface area contributed by atoms with Gasteiger partial charge in [-0.3, -0.25) is 10.1 Å². The molecule has 0 bridgehead atoms. The van der Waals surface area contributed by atoms with E-state index in [1.807, 2.05) is 11.0 Å². The standard InChI is InChI=1S/C14H17FN2O/c1-14(2)7-11(14)17-12(18)8-16-13(17)9-4-3-5-10(15)6-9/h3-6,11,13,16H,7-8H2,1-2H3. The Hall–Kier alpha value is -1.42. The summed E-state index contributed by atoms with van der Waals surface area (Å²) in [5.74, 6) is -0.150. The number of carbonyl (C=O) groups excluding carboxylic acids is 1. The van der Waals surface area contributed by atoms with Crippen LogP contribution in [0.4, 0.5) is 4.39 Å². The summed E-state index contributed by atoms with van der Waals surface area (Å²) >= 11 is 0. The maximum atomic E-state index is 13.3. The van der Waals surface area contributed by atoms with Gasteiger partial charge in [0.05, 0.1) is 6.54 Å². The Morgan fingerprint density at radius 1 is 1.44 bits per heavy atom. The second-order valence-corrected chi connectivity index (χ2v) is 5.85. The Bertz CT molecular complexity index is 500. The molecule has 1 aliphatic carbocycles. The van der Waals surface area contributed by atoms with Gasteiger partial charge in [0.2, 0.25) is 5.91 Å². The number of amides is 1. The molecule has 96 valence electrons. The average Bonchev–Trinajstić information content (AvgIpc) is 2.76. The number of carbonyl (C=O) groups is 1. The van der Waals surface area contributed by atoms with Gasteiger partial charge in [-0.1, -0.05) is 26.0 Å². The predicted octanol–water partition coefficient (Wildman–Crippen LogP) is 2.05. The van der Waals surface area contributed by atoms with Crippen molar-refractivity contribution in [1.82, 2.24) is 10.2 Å². The Morgan fingerprint density at radius 2 is 2.17 bits per heavy atom. The fraction of sp³-hybridized carbons (Fsp3) is 0.500. The number of rotatable bonds is 2. The molecule has 2 aliphatic rings. The molecule has 1 N–H and O–H groups in total. The molecule has 4 heteroatoms. The highest BCUT2D eigenvalue weighted by molar-refractivity contribution is 5.81. The maximum absolute atomic E-state index is 13.3. The smallest absolute Gasteiger partial charge is 0.238 e. The lowest BCUT2D eigenvalue weighted by Gasteiger charge is -2.26. The number of nitrogens with zero attached hydrogens (tertiary/aromatic N) is 1. The normalized spacial score (nSPS) is 29.7. The van der Waals surface area contributed by atoms with Gasteiger partial charge in [0, 0.05) is 6.04 Å². The molecule has 3 nitrogen and oxygen atoms in total. The monoisotopic (exact) mass is 248 g/mol. The molecule has 0 radical (unpaired) electrons. The number of halogens is 1. The van der Waals surface area contributed by atoms with Crippen molar-refractivity contribution in [3.8, 4) is 0 Å². The third-order valence-electron chi connectivity index (χ3n) is 3.97. The Morgan fingerprint density at radius 3 is 2.78 bits per heavy atom. The fourth-order valence-electron chi connectivity index (χ4n) is 2.74. The molecule has 1 aromatic rings. The molecule has 0 aromatic heterocycles. The van der Waals surface area contributed by atoms with Crippen LogP contribution in [0, 0.1) is 11.2 Å². The van der Waals surface area contributed by atoms with Gasteiger partial charge < -0.3 is 4.90 Å². The zero-order chi connectivity index (χ0) is 12.9. The second kappa shape index (κ2) is 3.79. The maximum Gasteiger partial charge on any atom is 0.238 e. The molecule has 1 amide bonds. The molecule has 1 saturated heterocycles. The molecule has 3 rings (SSSR count). The minimum atomic E-state index is -0.261. The van der Waals surface area contributed by atoms with Crippen molar-refractivity contribution in [2.45, 2.75) is 32.5 Å². The van der Waals surface area contributed by atoms with Crippen LogP contribution in [0.5, 0.6) is 0 Å². The van der Waals surface area contributed by atoms with Crippen molar-refractivity contribution >= 4 is 5.91 Å². The Kier molecular flexibility index (Phi) is 2.45. The summed E-state index contributed by atoms with van der Waals surface area (Å²) in [6.45, 7) is 4.66. The number of nitrogens with one attached hydrogen (secondary N) is 1. The van der Waals surface area contributed by atoms with Gasteiger partial charge in [0.25, 0.3) is 0 Å². The first kappa shape index (κ1) is 11.7. The van der Waals surface area contributed by atoms with Gasteiger partial charge >= 0.3 is 0 Å². The highest BCUT2D eigenvalue weighted by Gasteiger charge is 2.54. The molecule has 0 spiro atoms. The first-order valence-corrected chi connectivity index (χ1v) is 6.29. The van der Waals surface area contributed by atoms with Crippen molar-refractivity contribution in [2.75, 3.05) is 6.54 Å². The van der Waals surface area contributed by atoms with E-state index in [-0.39, 0.29) is 29.3 Å². The van der Waals surface area contributed by atoms with Crippen molar-refractivity contribution in [1.29, 1.82) is 0 Å². The molecular weight excluding hydrogens is 231 g/mol. The largest absolute Gasteiger partial charge is 0.318 e. The van der Waals surface area contributed by atoms with Crippen molar-refractivity contribution in [3.63, 3.8) is 0 Å². The molecule has 1 heterocycles. The summed E-state index contributed by atoms with van der Waals surface area (Å²) in [5.41, 5.74) is 1.01. The van der Waals surface area contributed by atoms with Crippen LogP contribution >= 0.6 is 0 Å². The average molecular weight is 248 g/mol. The molecule has 2 fully saturated rings. The van der Waals surface area contributed by atoms with Crippen LogP contribution in [0.3, 0.4) is 0 Å². The van der Waals surface area contributed by atoms with E-state index in [1.54, 1.807) is 6.07 Å². The predicted molar refractivity (Wildman–Crippen MR) is 66.2 cm³/mol. The lowest BCUT2D eigenvalue weighted by atomic mass is 10.1. The zero-order valence-electron chi connectivity index (χ0n) is 10.6. The van der Waals surface area contributed by atoms with Crippen LogP contribution in [-0.2, 0) is 4.79 Å². The quantitative estimate of drug-likeness (QED) is 0.868. The van der Waals surface area contributed by atoms with Gasteiger partial charge in [-0.25, -0.2) is 4.39 Å². The van der Waals surface area contributed by atoms with Gasteiger partial charge in [-0.15, -0.1) is 0 Å². The Balaban J connectivity index is 1.90. The summed E-state index contributed by atoms with van der Waals surface area (Å²) in [6, 6.07) is 6.74. The van der Waals surface area contributed by atoms with E-state index in [0.717, 1.165) is 12.0 Å². The lowest BCUT2D eigenvalue weighted by Crippen LogP contribution is -2.34. The SMILES string of the molecule is CC1(C)CC1N1C(=O)CNC1c1cccc(F)c1. The van der Waals surface area contributed by atoms with Crippen molar-refractivity contribution < 1.29 is 9.18 Å². The van der Waals surface area contributed by atoms with E-state index in [9.17, 15) is 9.18 Å². The third-order valence-corrected chi connectivity index (χ3v) is 3.97. The highest BCUT2D eigenvalue weighted by Crippen LogP contribution is 2.51. The number of benzene rings is 1. The number of hydrogen-bond donors (Lipinski definition) is 1. The minimum absolute atomic E-state index is 0.111. The van der Waals surface area contributed by atoms with Crippen LogP contribution in [0.1, 0.15) is 32.0 Å². The molecule has 2 atom stereocenters. The van der Waals surface area contributed by atoms with Gasteiger partial charge in [0.15, 0.2) is 0 Å². The zero-order valence-corrected chi connectivity index (χ0v) is 10.6. The van der Waals surface area contributed by atoms with Crippen LogP contribution in [0.15, 0.2) is 24.3 Å². The minimum Gasteiger partial charge on any atom is -0.318 e. The molecule has 2 unspecified atom stereocenters. The van der Waals surface area contributed by atoms with Crippen molar-refractivity contribution in [2.24, 2.45) is 5.41 Å². The fourth-order valence-corrected chi connectivity index (χ4v) is 2.74. The number of hydrogen-bond acceptors (Lipinski definition) is 2. The highest BCUT2D eigenvalue weighted by atomic mass is 19.1. The van der Waals surface area contributed by atoms with E-state index >= 15 is 0 Å². The molecular formula is C14H17FN2O. The van der Waals surface area contributed by atoms with Crippen LogP contribution in [0.25, 0.3) is 0 Å². The van der Waals surface area contributed by atoms with E-state index in [1.165, 1.54) is 12.1 Å². The lowest BCUT2D eigenvalue weighted by molar-refractivity contribution is -0.129. The second-order valence-electron chi connectivity index (χ2n) is 5.85. The molecule has 1 aromatic carbocycles. The summed E-state index contributed by atoms with van der Waals surface area (Å²) in [5, 5.41) is 3.17. The van der Waals surface area contributed by atoms with Crippen LogP contribution in [-0.4, -0.2) is 23.4 Å². The van der Waals surface area contributed by atoms with Gasteiger partial charge in [0.1, 0.15) is 12.0 Å². The first-order chi connectivity index (χ1) is 8.49. The van der Waals surface area contributed by atoms with E-state index in [4.69, 9.17) is 0 Å². The molecule has 1 saturated carbocycles. The summed E-state index contributed by atoms with van der Waals surface area (Å²) in [4.78, 5) is 13.9. The van der Waals surface area contributed by atoms with E-state index < -0.39 is 0 Å². The summed E-state index contributed by atoms with van der Waals surface area (Å²) in [7, 11) is 0. The summed E-state index contributed by atoms with van der Waals surface area (Å²) < 4.78 is 13.3. The molecule has 1 aliphatic heterocycles. The van der Waals surface area contributed by atoms with Crippen LogP contribution < -0.4 is 5.32 Å². The van der Waals surface area contributed by atoms with Gasteiger partial charge in [-0.2, -0.15) is 0 Å².